The summed E-state index contributed by atoms with van der Waals surface area (Å²) in [7, 11) is 5.06. The molecule has 0 radical (unpaired) electrons. The maximum absolute atomic E-state index is 10.5. The van der Waals surface area contributed by atoms with Gasteiger partial charge in [0.25, 0.3) is 0 Å². The van der Waals surface area contributed by atoms with E-state index in [0.717, 1.165) is 28.5 Å². The summed E-state index contributed by atoms with van der Waals surface area (Å²) in [6.45, 7) is 8.13. The molecule has 0 unspecified atom stereocenters. The van der Waals surface area contributed by atoms with E-state index < -0.39 is 0 Å². The molecular weight excluding hydrogens is 396 g/mol. The van der Waals surface area contributed by atoms with Crippen molar-refractivity contribution in [2.75, 3.05) is 26.6 Å². The first-order chi connectivity index (χ1) is 14.7. The molecule has 166 valence electrons. The van der Waals surface area contributed by atoms with E-state index in [1.54, 1.807) is 31.0 Å². The number of hydrogen-bond donors (Lipinski definition) is 2. The molecule has 0 saturated heterocycles. The normalized spacial score (nSPS) is 10.7. The number of aromatic nitrogens is 3. The standard InChI is InChI=1S/C12H16N4O2.C11H14O2/c1-8-12(13-2)14-15-16(8)10-7-9(17-3)5-6-11(10)18-4;1-11(2,3)9-4-5-10(13)8(6-9)7-12/h5-7,13H,1-4H3;4-7,13H,1-3H3. The van der Waals surface area contributed by atoms with Gasteiger partial charge in [0.1, 0.15) is 22.9 Å². The van der Waals surface area contributed by atoms with Gasteiger partial charge in [-0.15, -0.1) is 5.10 Å². The Balaban J connectivity index is 0.000000233. The maximum Gasteiger partial charge on any atom is 0.171 e. The fraction of sp³-hybridized carbons (Fsp3) is 0.348. The van der Waals surface area contributed by atoms with Crippen molar-refractivity contribution in [1.29, 1.82) is 0 Å². The molecule has 8 heteroatoms. The van der Waals surface area contributed by atoms with Gasteiger partial charge >= 0.3 is 0 Å². The molecule has 0 aliphatic heterocycles. The summed E-state index contributed by atoms with van der Waals surface area (Å²) in [5.74, 6) is 2.24. The van der Waals surface area contributed by atoms with Crippen LogP contribution in [0.5, 0.6) is 17.2 Å². The summed E-state index contributed by atoms with van der Waals surface area (Å²) >= 11 is 0. The van der Waals surface area contributed by atoms with Gasteiger partial charge < -0.3 is 19.9 Å². The number of phenolic OH excluding ortho intramolecular Hbond substituents is 1. The van der Waals surface area contributed by atoms with Crippen LogP contribution in [-0.2, 0) is 5.41 Å². The molecule has 3 rings (SSSR count). The molecule has 0 aliphatic carbocycles. The number of hydrogen-bond acceptors (Lipinski definition) is 7. The first-order valence-electron chi connectivity index (χ1n) is 9.77. The lowest BCUT2D eigenvalue weighted by molar-refractivity contribution is 0.112. The Labute approximate surface area is 182 Å². The minimum absolute atomic E-state index is 0.00542. The van der Waals surface area contributed by atoms with Crippen LogP contribution in [0.3, 0.4) is 0 Å². The molecule has 2 N–H and O–H groups in total. The van der Waals surface area contributed by atoms with E-state index >= 15 is 0 Å². The van der Waals surface area contributed by atoms with Crippen LogP contribution in [-0.4, -0.2) is 47.7 Å². The van der Waals surface area contributed by atoms with Gasteiger partial charge in [0.15, 0.2) is 12.1 Å². The van der Waals surface area contributed by atoms with Crippen LogP contribution >= 0.6 is 0 Å². The van der Waals surface area contributed by atoms with Gasteiger partial charge in [-0.05, 0) is 42.2 Å². The highest BCUT2D eigenvalue weighted by atomic mass is 16.5. The molecule has 0 atom stereocenters. The van der Waals surface area contributed by atoms with Gasteiger partial charge in [-0.1, -0.05) is 32.1 Å². The number of carbonyl (C=O) groups excluding carboxylic acids is 1. The van der Waals surface area contributed by atoms with E-state index in [-0.39, 0.29) is 11.2 Å². The highest BCUT2D eigenvalue weighted by molar-refractivity contribution is 5.79. The number of carbonyl (C=O) groups is 1. The number of rotatable bonds is 5. The zero-order valence-corrected chi connectivity index (χ0v) is 19.1. The van der Waals surface area contributed by atoms with E-state index in [9.17, 15) is 9.90 Å². The smallest absolute Gasteiger partial charge is 0.171 e. The third-order valence-electron chi connectivity index (χ3n) is 4.77. The Hall–Kier alpha value is -3.55. The van der Waals surface area contributed by atoms with E-state index in [2.05, 4.69) is 36.4 Å². The van der Waals surface area contributed by atoms with Gasteiger partial charge in [-0.3, -0.25) is 4.79 Å². The average Bonchev–Trinajstić information content (AvgIpc) is 3.13. The van der Waals surface area contributed by atoms with Crippen LogP contribution in [0.15, 0.2) is 36.4 Å². The first kappa shape index (κ1) is 23.7. The van der Waals surface area contributed by atoms with Crippen molar-refractivity contribution in [1.82, 2.24) is 15.0 Å². The van der Waals surface area contributed by atoms with Crippen molar-refractivity contribution < 1.29 is 19.4 Å². The van der Waals surface area contributed by atoms with Gasteiger partial charge in [-0.2, -0.15) is 0 Å². The van der Waals surface area contributed by atoms with Crippen molar-refractivity contribution in [3.05, 3.63) is 53.2 Å². The molecule has 0 aliphatic rings. The Morgan fingerprint density at radius 1 is 1.10 bits per heavy atom. The van der Waals surface area contributed by atoms with Gasteiger partial charge in [0, 0.05) is 13.1 Å². The van der Waals surface area contributed by atoms with Crippen LogP contribution in [0, 0.1) is 6.92 Å². The third-order valence-corrected chi connectivity index (χ3v) is 4.77. The first-order valence-corrected chi connectivity index (χ1v) is 9.77. The lowest BCUT2D eigenvalue weighted by Gasteiger charge is -2.19. The number of ether oxygens (including phenoxy) is 2. The summed E-state index contributed by atoms with van der Waals surface area (Å²) in [5.41, 5.74) is 3.11. The van der Waals surface area contributed by atoms with Gasteiger partial charge in [0.05, 0.1) is 25.5 Å². The van der Waals surface area contributed by atoms with Gasteiger partial charge in [-0.25, -0.2) is 4.68 Å². The Kier molecular flexibility index (Phi) is 7.63. The number of aldehydes is 1. The summed E-state index contributed by atoms with van der Waals surface area (Å²) in [6.07, 6.45) is 0.671. The highest BCUT2D eigenvalue weighted by Gasteiger charge is 2.15. The van der Waals surface area contributed by atoms with E-state index in [1.165, 1.54) is 0 Å². The molecule has 0 bridgehead atoms. The van der Waals surface area contributed by atoms with E-state index in [1.807, 2.05) is 38.2 Å². The minimum atomic E-state index is 0.00542. The molecule has 2 aromatic carbocycles. The van der Waals surface area contributed by atoms with Crippen molar-refractivity contribution in [2.45, 2.75) is 33.1 Å². The second-order valence-electron chi connectivity index (χ2n) is 7.86. The number of nitrogens with zero attached hydrogens (tertiary/aromatic N) is 3. The molecule has 0 amide bonds. The quantitative estimate of drug-likeness (QED) is 0.592. The molecule has 0 fully saturated rings. The predicted molar refractivity (Wildman–Crippen MR) is 121 cm³/mol. The molecule has 1 heterocycles. The summed E-state index contributed by atoms with van der Waals surface area (Å²) in [6, 6.07) is 10.7. The van der Waals surface area contributed by atoms with Crippen molar-refractivity contribution in [2.24, 2.45) is 0 Å². The van der Waals surface area contributed by atoms with Crippen molar-refractivity contribution in [3.8, 4) is 22.9 Å². The molecule has 31 heavy (non-hydrogen) atoms. The van der Waals surface area contributed by atoms with Crippen molar-refractivity contribution in [3.63, 3.8) is 0 Å². The molecule has 3 aromatic rings. The minimum Gasteiger partial charge on any atom is -0.507 e. The van der Waals surface area contributed by atoms with E-state index in [0.29, 0.717) is 17.6 Å². The number of phenols is 1. The fourth-order valence-electron chi connectivity index (χ4n) is 2.87. The number of methoxy groups -OCH3 is 2. The fourth-order valence-corrected chi connectivity index (χ4v) is 2.87. The topological polar surface area (TPSA) is 98.5 Å². The maximum atomic E-state index is 10.5. The zero-order chi connectivity index (χ0) is 23.2. The number of benzene rings is 2. The molecule has 1 aromatic heterocycles. The lowest BCUT2D eigenvalue weighted by Crippen LogP contribution is -2.11. The highest BCUT2D eigenvalue weighted by Crippen LogP contribution is 2.29. The van der Waals surface area contributed by atoms with Crippen molar-refractivity contribution >= 4 is 12.1 Å². The van der Waals surface area contributed by atoms with Gasteiger partial charge in [0.2, 0.25) is 0 Å². The van der Waals surface area contributed by atoms with Crippen LogP contribution in [0.25, 0.3) is 5.69 Å². The van der Waals surface area contributed by atoms with Crippen LogP contribution in [0.2, 0.25) is 0 Å². The Morgan fingerprint density at radius 3 is 2.32 bits per heavy atom. The molecule has 0 spiro atoms. The molecule has 0 saturated carbocycles. The second-order valence-corrected chi connectivity index (χ2v) is 7.86. The molecule has 8 nitrogen and oxygen atoms in total. The monoisotopic (exact) mass is 426 g/mol. The van der Waals surface area contributed by atoms with E-state index in [4.69, 9.17) is 9.47 Å². The summed E-state index contributed by atoms with van der Waals surface area (Å²) in [4.78, 5) is 10.5. The van der Waals surface area contributed by atoms with Crippen LogP contribution in [0.1, 0.15) is 42.4 Å². The SMILES string of the molecule is CC(C)(C)c1ccc(O)c(C=O)c1.CNc1nnn(-c2cc(OC)ccc2OC)c1C. The predicted octanol–water partition coefficient (Wildman–Crippen LogP) is 4.14. The zero-order valence-electron chi connectivity index (χ0n) is 19.1. The summed E-state index contributed by atoms with van der Waals surface area (Å²) < 4.78 is 12.3. The summed E-state index contributed by atoms with van der Waals surface area (Å²) in [5, 5.41) is 20.4. The van der Waals surface area contributed by atoms with Crippen LogP contribution in [0.4, 0.5) is 5.82 Å². The Bertz CT molecular complexity index is 1040. The average molecular weight is 427 g/mol. The molecular formula is C23H30N4O4. The Morgan fingerprint density at radius 2 is 1.81 bits per heavy atom. The van der Waals surface area contributed by atoms with Crippen LogP contribution < -0.4 is 14.8 Å². The second kappa shape index (κ2) is 9.97. The third kappa shape index (κ3) is 5.53. The lowest BCUT2D eigenvalue weighted by atomic mass is 9.86. The number of nitrogens with one attached hydrogen (secondary N) is 1. The number of anilines is 1. The number of aromatic hydroxyl groups is 1. The largest absolute Gasteiger partial charge is 0.507 e.